The largest absolute Gasteiger partial charge is 0.327 e. The van der Waals surface area contributed by atoms with Gasteiger partial charge in [0, 0.05) is 19.6 Å². The van der Waals surface area contributed by atoms with Gasteiger partial charge in [-0.2, -0.15) is 0 Å². The molecule has 0 aromatic heterocycles. The first-order valence-corrected chi connectivity index (χ1v) is 3.08. The number of hydrogen-bond donors (Lipinski definition) is 2. The predicted octanol–water partition coefficient (Wildman–Crippen LogP) is 0.277. The Kier molecular flexibility index (Phi) is 6.91. The molecule has 0 heterocycles. The van der Waals surface area contributed by atoms with E-state index in [0.29, 0.717) is 6.54 Å². The molecule has 9 heavy (non-hydrogen) atoms. The molecule has 2 nitrogen and oxygen atoms in total. The molecular formula is C7H14N2. The fraction of sp³-hybridized carbons (Fsp3) is 0.429. The van der Waals surface area contributed by atoms with Crippen molar-refractivity contribution in [3.8, 4) is 0 Å². The molecule has 0 aliphatic rings. The average Bonchev–Trinajstić information content (AvgIpc) is 1.89. The lowest BCUT2D eigenvalue weighted by molar-refractivity contribution is 0.842. The molecule has 0 rings (SSSR count). The van der Waals surface area contributed by atoms with Crippen LogP contribution < -0.4 is 11.1 Å². The quantitative estimate of drug-likeness (QED) is 0.410. The Balaban J connectivity index is 2.90. The van der Waals surface area contributed by atoms with Gasteiger partial charge in [0.25, 0.3) is 0 Å². The van der Waals surface area contributed by atoms with Crippen LogP contribution in [0.4, 0.5) is 0 Å². The van der Waals surface area contributed by atoms with Gasteiger partial charge in [-0.05, 0) is 0 Å². The molecule has 52 valence electrons. The lowest BCUT2D eigenvalue weighted by Gasteiger charge is -1.92. The van der Waals surface area contributed by atoms with Crippen LogP contribution in [-0.2, 0) is 0 Å². The maximum absolute atomic E-state index is 5.21. The third-order valence-electron chi connectivity index (χ3n) is 0.854. The van der Waals surface area contributed by atoms with Gasteiger partial charge in [-0.3, -0.25) is 0 Å². The van der Waals surface area contributed by atoms with Crippen LogP contribution in [-0.4, -0.2) is 19.6 Å². The van der Waals surface area contributed by atoms with E-state index in [1.54, 1.807) is 0 Å². The van der Waals surface area contributed by atoms with Crippen LogP contribution in [0, 0.1) is 0 Å². The van der Waals surface area contributed by atoms with Crippen molar-refractivity contribution in [1.82, 2.24) is 5.32 Å². The zero-order valence-corrected chi connectivity index (χ0v) is 5.64. The summed E-state index contributed by atoms with van der Waals surface area (Å²) < 4.78 is 0. The first kappa shape index (κ1) is 8.40. The minimum Gasteiger partial charge on any atom is -0.327 e. The fourth-order valence-corrected chi connectivity index (χ4v) is 0.448. The normalized spacial score (nSPS) is 10.3. The smallest absolute Gasteiger partial charge is 0.0138 e. The molecule has 0 saturated carbocycles. The fourth-order valence-electron chi connectivity index (χ4n) is 0.448. The third-order valence-corrected chi connectivity index (χ3v) is 0.854. The second-order valence-corrected chi connectivity index (χ2v) is 1.65. The molecule has 0 amide bonds. The minimum absolute atomic E-state index is 0.621. The highest BCUT2D eigenvalue weighted by Crippen LogP contribution is 1.66. The summed E-state index contributed by atoms with van der Waals surface area (Å²) in [5, 5.41) is 3.11. The zero-order chi connectivity index (χ0) is 6.95. The summed E-state index contributed by atoms with van der Waals surface area (Å²) in [6.45, 7) is 5.92. The molecule has 0 saturated heterocycles. The second-order valence-electron chi connectivity index (χ2n) is 1.65. The van der Waals surface area contributed by atoms with Gasteiger partial charge in [-0.25, -0.2) is 0 Å². The minimum atomic E-state index is 0.621. The van der Waals surface area contributed by atoms with Crippen LogP contribution in [0.3, 0.4) is 0 Å². The predicted molar refractivity (Wildman–Crippen MR) is 41.3 cm³/mol. The molecule has 3 N–H and O–H groups in total. The lowest BCUT2D eigenvalue weighted by atomic mass is 10.5. The molecule has 0 aromatic carbocycles. The maximum Gasteiger partial charge on any atom is 0.0138 e. The van der Waals surface area contributed by atoms with E-state index >= 15 is 0 Å². The van der Waals surface area contributed by atoms with Crippen LogP contribution in [0.15, 0.2) is 24.8 Å². The van der Waals surface area contributed by atoms with E-state index in [9.17, 15) is 0 Å². The standard InChI is InChI=1S/C7H14N2/c1-2-6-9-7-4-3-5-8/h2-4,9H,1,5-8H2. The van der Waals surface area contributed by atoms with Crippen molar-refractivity contribution in [2.24, 2.45) is 5.73 Å². The second kappa shape index (κ2) is 7.40. The molecule has 0 bridgehead atoms. The molecule has 0 fully saturated rings. The summed E-state index contributed by atoms with van der Waals surface area (Å²) in [6.07, 6.45) is 5.76. The molecule has 2 heteroatoms. The summed E-state index contributed by atoms with van der Waals surface area (Å²) in [5.41, 5.74) is 5.21. The van der Waals surface area contributed by atoms with Gasteiger partial charge in [0.2, 0.25) is 0 Å². The molecule has 0 unspecified atom stereocenters. The van der Waals surface area contributed by atoms with Gasteiger partial charge in [-0.15, -0.1) is 6.58 Å². The Morgan fingerprint density at radius 3 is 2.67 bits per heavy atom. The summed E-state index contributed by atoms with van der Waals surface area (Å²) in [4.78, 5) is 0. The van der Waals surface area contributed by atoms with Gasteiger partial charge < -0.3 is 11.1 Å². The monoisotopic (exact) mass is 126 g/mol. The molecule has 0 atom stereocenters. The summed E-state index contributed by atoms with van der Waals surface area (Å²) in [5.74, 6) is 0. The number of nitrogens with one attached hydrogen (secondary N) is 1. The van der Waals surface area contributed by atoms with Crippen molar-refractivity contribution < 1.29 is 0 Å². The molecular weight excluding hydrogens is 112 g/mol. The van der Waals surface area contributed by atoms with Gasteiger partial charge in [0.15, 0.2) is 0 Å². The van der Waals surface area contributed by atoms with Crippen molar-refractivity contribution >= 4 is 0 Å². The molecule has 0 spiro atoms. The van der Waals surface area contributed by atoms with Crippen LogP contribution in [0.1, 0.15) is 0 Å². The molecule has 0 aliphatic carbocycles. The summed E-state index contributed by atoms with van der Waals surface area (Å²) in [7, 11) is 0. The topological polar surface area (TPSA) is 38.0 Å². The Morgan fingerprint density at radius 1 is 1.33 bits per heavy atom. The first-order chi connectivity index (χ1) is 4.41. The Labute approximate surface area is 56.4 Å². The number of nitrogens with two attached hydrogens (primary N) is 1. The SMILES string of the molecule is C=CCNCC=CCN. The Bertz CT molecular complexity index is 86.9. The number of rotatable bonds is 5. The third kappa shape index (κ3) is 7.40. The highest BCUT2D eigenvalue weighted by Gasteiger charge is 1.73. The average molecular weight is 126 g/mol. The molecule has 0 radical (unpaired) electrons. The van der Waals surface area contributed by atoms with E-state index in [-0.39, 0.29) is 0 Å². The van der Waals surface area contributed by atoms with E-state index in [4.69, 9.17) is 5.73 Å². The van der Waals surface area contributed by atoms with Crippen LogP contribution >= 0.6 is 0 Å². The molecule has 0 aliphatic heterocycles. The number of hydrogen-bond acceptors (Lipinski definition) is 2. The summed E-state index contributed by atoms with van der Waals surface area (Å²) in [6, 6.07) is 0. The highest BCUT2D eigenvalue weighted by atomic mass is 14.8. The van der Waals surface area contributed by atoms with Crippen molar-refractivity contribution in [3.63, 3.8) is 0 Å². The van der Waals surface area contributed by atoms with E-state index in [0.717, 1.165) is 13.1 Å². The molecule has 0 aromatic rings. The van der Waals surface area contributed by atoms with Gasteiger partial charge >= 0.3 is 0 Å². The Hall–Kier alpha value is -0.600. The van der Waals surface area contributed by atoms with Gasteiger partial charge in [-0.1, -0.05) is 18.2 Å². The van der Waals surface area contributed by atoms with Crippen molar-refractivity contribution in [2.45, 2.75) is 0 Å². The van der Waals surface area contributed by atoms with Crippen LogP contribution in [0.25, 0.3) is 0 Å². The van der Waals surface area contributed by atoms with Crippen molar-refractivity contribution in [3.05, 3.63) is 24.8 Å². The van der Waals surface area contributed by atoms with E-state index in [1.165, 1.54) is 0 Å². The van der Waals surface area contributed by atoms with E-state index in [1.807, 2.05) is 18.2 Å². The van der Waals surface area contributed by atoms with Crippen LogP contribution in [0.5, 0.6) is 0 Å². The van der Waals surface area contributed by atoms with Crippen LogP contribution in [0.2, 0.25) is 0 Å². The van der Waals surface area contributed by atoms with Gasteiger partial charge in [0.1, 0.15) is 0 Å². The Morgan fingerprint density at radius 2 is 2.11 bits per heavy atom. The van der Waals surface area contributed by atoms with E-state index < -0.39 is 0 Å². The van der Waals surface area contributed by atoms with Crippen molar-refractivity contribution in [1.29, 1.82) is 0 Å². The van der Waals surface area contributed by atoms with Gasteiger partial charge in [0.05, 0.1) is 0 Å². The lowest BCUT2D eigenvalue weighted by Crippen LogP contribution is -2.12. The maximum atomic E-state index is 5.21. The highest BCUT2D eigenvalue weighted by molar-refractivity contribution is 4.85. The van der Waals surface area contributed by atoms with Crippen molar-refractivity contribution in [2.75, 3.05) is 19.6 Å². The summed E-state index contributed by atoms with van der Waals surface area (Å²) >= 11 is 0. The first-order valence-electron chi connectivity index (χ1n) is 3.08. The van der Waals surface area contributed by atoms with E-state index in [2.05, 4.69) is 11.9 Å². The zero-order valence-electron chi connectivity index (χ0n) is 5.64.